The van der Waals surface area contributed by atoms with E-state index >= 15 is 0 Å². The van der Waals surface area contributed by atoms with Crippen LogP contribution in [0.5, 0.6) is 11.5 Å². The molecule has 0 atom stereocenters. The molecule has 0 amide bonds. The lowest BCUT2D eigenvalue weighted by molar-refractivity contribution is 0.397. The molecule has 0 heterocycles. The fourth-order valence-electron chi connectivity index (χ4n) is 1.70. The molecule has 3 N–H and O–H groups in total. The third kappa shape index (κ3) is 2.68. The third-order valence-electron chi connectivity index (χ3n) is 2.59. The average molecular weight is 288 g/mol. The summed E-state index contributed by atoms with van der Waals surface area (Å²) in [5, 5.41) is 9.99. The van der Waals surface area contributed by atoms with Gasteiger partial charge in [0.05, 0.1) is 7.11 Å². The molecule has 0 aliphatic carbocycles. The zero-order valence-corrected chi connectivity index (χ0v) is 11.3. The largest absolute Gasteiger partial charge is 0.506 e. The summed E-state index contributed by atoms with van der Waals surface area (Å²) in [5.74, 6) is 0.985. The van der Waals surface area contributed by atoms with Crippen molar-refractivity contribution in [2.75, 3.05) is 13.7 Å². The van der Waals surface area contributed by atoms with E-state index in [4.69, 9.17) is 10.5 Å². The summed E-state index contributed by atoms with van der Waals surface area (Å²) in [5.41, 5.74) is 7.50. The quantitative estimate of drug-likeness (QED) is 0.875. The first kappa shape index (κ1) is 13.3. The normalized spacial score (nSPS) is 10.5. The van der Waals surface area contributed by atoms with Crippen LogP contribution in [0.2, 0.25) is 0 Å². The Hall–Kier alpha value is -0.740. The van der Waals surface area contributed by atoms with Gasteiger partial charge in [-0.25, -0.2) is 0 Å². The highest BCUT2D eigenvalue weighted by atomic mass is 79.9. The maximum Gasteiger partial charge on any atom is 0.139 e. The molecule has 90 valence electrons. The molecule has 1 rings (SSSR count). The smallest absolute Gasteiger partial charge is 0.139 e. The van der Waals surface area contributed by atoms with Gasteiger partial charge < -0.3 is 15.6 Å². The summed E-state index contributed by atoms with van der Waals surface area (Å²) < 4.78 is 5.92. The Morgan fingerprint density at radius 3 is 2.62 bits per heavy atom. The maximum atomic E-state index is 9.99. The fraction of sp³-hybridized carbons (Fsp3) is 0.500. The van der Waals surface area contributed by atoms with Crippen LogP contribution in [0.1, 0.15) is 24.5 Å². The second kappa shape index (κ2) is 6.11. The van der Waals surface area contributed by atoms with Crippen molar-refractivity contribution in [3.05, 3.63) is 21.7 Å². The van der Waals surface area contributed by atoms with E-state index in [9.17, 15) is 5.11 Å². The zero-order chi connectivity index (χ0) is 12.1. The first-order valence-corrected chi connectivity index (χ1v) is 6.22. The van der Waals surface area contributed by atoms with Crippen molar-refractivity contribution in [3.8, 4) is 11.5 Å². The lowest BCUT2D eigenvalue weighted by Crippen LogP contribution is -2.02. The van der Waals surface area contributed by atoms with Gasteiger partial charge in [0.25, 0.3) is 0 Å². The van der Waals surface area contributed by atoms with Gasteiger partial charge in [0.2, 0.25) is 0 Å². The number of nitrogens with two attached hydrogens (primary N) is 1. The topological polar surface area (TPSA) is 55.5 Å². The zero-order valence-electron chi connectivity index (χ0n) is 9.72. The molecular formula is C12H18BrNO2. The van der Waals surface area contributed by atoms with Crippen molar-refractivity contribution in [1.29, 1.82) is 0 Å². The number of benzene rings is 1. The number of hydrogen-bond acceptors (Lipinski definition) is 3. The monoisotopic (exact) mass is 287 g/mol. The Morgan fingerprint density at radius 2 is 2.12 bits per heavy atom. The van der Waals surface area contributed by atoms with Crippen LogP contribution in [-0.4, -0.2) is 18.8 Å². The molecule has 1 aromatic carbocycles. The highest BCUT2D eigenvalue weighted by Gasteiger charge is 2.15. The number of aromatic hydroxyl groups is 1. The molecule has 0 aromatic heterocycles. The Labute approximate surface area is 105 Å². The van der Waals surface area contributed by atoms with Crippen molar-refractivity contribution >= 4 is 15.9 Å². The van der Waals surface area contributed by atoms with Crippen LogP contribution < -0.4 is 10.5 Å². The molecule has 16 heavy (non-hydrogen) atoms. The van der Waals surface area contributed by atoms with E-state index in [0.717, 1.165) is 36.1 Å². The Bertz CT molecular complexity index is 367. The first-order chi connectivity index (χ1) is 7.65. The van der Waals surface area contributed by atoms with Crippen LogP contribution in [0.3, 0.4) is 0 Å². The molecule has 1 aromatic rings. The van der Waals surface area contributed by atoms with E-state index < -0.39 is 0 Å². The molecule has 0 spiro atoms. The summed E-state index contributed by atoms with van der Waals surface area (Å²) in [6.45, 7) is 2.69. The van der Waals surface area contributed by atoms with Crippen LogP contribution in [0, 0.1) is 0 Å². The second-order valence-electron chi connectivity index (χ2n) is 3.64. The van der Waals surface area contributed by atoms with Gasteiger partial charge >= 0.3 is 0 Å². The number of rotatable bonds is 5. The van der Waals surface area contributed by atoms with Gasteiger partial charge in [-0.3, -0.25) is 0 Å². The summed E-state index contributed by atoms with van der Waals surface area (Å²) in [6.07, 6.45) is 2.53. The van der Waals surface area contributed by atoms with Crippen molar-refractivity contribution in [2.45, 2.75) is 26.2 Å². The Morgan fingerprint density at radius 1 is 1.44 bits per heavy atom. The molecule has 3 nitrogen and oxygen atoms in total. The van der Waals surface area contributed by atoms with Crippen molar-refractivity contribution in [1.82, 2.24) is 0 Å². The van der Waals surface area contributed by atoms with E-state index in [1.54, 1.807) is 7.11 Å². The van der Waals surface area contributed by atoms with E-state index in [0.29, 0.717) is 11.0 Å². The average Bonchev–Trinajstić information content (AvgIpc) is 2.30. The minimum absolute atomic E-state index is 0.266. The molecule has 0 unspecified atom stereocenters. The molecule has 0 radical (unpaired) electrons. The predicted octanol–water partition coefficient (Wildman–Crippen LogP) is 2.62. The van der Waals surface area contributed by atoms with E-state index in [1.165, 1.54) is 0 Å². The van der Waals surface area contributed by atoms with Crippen LogP contribution >= 0.6 is 15.9 Å². The molecular weight excluding hydrogens is 270 g/mol. The lowest BCUT2D eigenvalue weighted by Gasteiger charge is -2.14. The van der Waals surface area contributed by atoms with Gasteiger partial charge in [-0.15, -0.1) is 0 Å². The first-order valence-electron chi connectivity index (χ1n) is 5.42. The molecule has 0 aliphatic rings. The highest BCUT2D eigenvalue weighted by Crippen LogP contribution is 2.40. The van der Waals surface area contributed by atoms with E-state index in [2.05, 4.69) is 22.9 Å². The number of methoxy groups -OCH3 is 1. The van der Waals surface area contributed by atoms with Crippen LogP contribution in [0.15, 0.2) is 10.5 Å². The summed E-state index contributed by atoms with van der Waals surface area (Å²) in [6, 6.07) is 1.99. The molecule has 4 heteroatoms. The maximum absolute atomic E-state index is 9.99. The van der Waals surface area contributed by atoms with Crippen molar-refractivity contribution < 1.29 is 9.84 Å². The standard InChI is InChI=1S/C12H18BrNO2/c1-3-8-7-9(5-4-6-14)11(15)10(13)12(8)16-2/h7,15H,3-6,14H2,1-2H3. The minimum atomic E-state index is 0.266. The third-order valence-corrected chi connectivity index (χ3v) is 3.32. The molecule has 0 aliphatic heterocycles. The Kier molecular flexibility index (Phi) is 5.09. The van der Waals surface area contributed by atoms with Gasteiger partial charge in [0, 0.05) is 0 Å². The van der Waals surface area contributed by atoms with Crippen LogP contribution in [0.25, 0.3) is 0 Å². The van der Waals surface area contributed by atoms with Gasteiger partial charge in [-0.05, 0) is 58.9 Å². The van der Waals surface area contributed by atoms with E-state index in [-0.39, 0.29) is 5.75 Å². The Balaban J connectivity index is 3.16. The molecule has 0 fully saturated rings. The predicted molar refractivity (Wildman–Crippen MR) is 69.1 cm³/mol. The number of phenolic OH excluding ortho intramolecular Hbond substituents is 1. The molecule has 0 saturated carbocycles. The summed E-state index contributed by atoms with van der Waals surface area (Å²) >= 11 is 3.37. The SMILES string of the molecule is CCc1cc(CCCN)c(O)c(Br)c1OC. The summed E-state index contributed by atoms with van der Waals surface area (Å²) in [4.78, 5) is 0. The number of hydrogen-bond donors (Lipinski definition) is 2. The minimum Gasteiger partial charge on any atom is -0.506 e. The van der Waals surface area contributed by atoms with Gasteiger partial charge in [-0.2, -0.15) is 0 Å². The molecule has 0 saturated heterocycles. The second-order valence-corrected chi connectivity index (χ2v) is 4.43. The van der Waals surface area contributed by atoms with E-state index in [1.807, 2.05) is 6.07 Å². The van der Waals surface area contributed by atoms with Crippen molar-refractivity contribution in [3.63, 3.8) is 0 Å². The number of phenols is 1. The van der Waals surface area contributed by atoms with Gasteiger partial charge in [0.1, 0.15) is 16.0 Å². The number of halogens is 1. The van der Waals surface area contributed by atoms with Crippen LogP contribution in [0.4, 0.5) is 0 Å². The summed E-state index contributed by atoms with van der Waals surface area (Å²) in [7, 11) is 1.61. The fourth-order valence-corrected chi connectivity index (χ4v) is 2.37. The number of ether oxygens (including phenoxy) is 1. The molecule has 0 bridgehead atoms. The number of aryl methyl sites for hydroxylation is 2. The lowest BCUT2D eigenvalue weighted by atomic mass is 10.0. The van der Waals surface area contributed by atoms with Crippen molar-refractivity contribution in [2.24, 2.45) is 5.73 Å². The van der Waals surface area contributed by atoms with Gasteiger partial charge in [-0.1, -0.05) is 6.92 Å². The van der Waals surface area contributed by atoms with Crippen LogP contribution in [-0.2, 0) is 12.8 Å². The van der Waals surface area contributed by atoms with Gasteiger partial charge in [0.15, 0.2) is 0 Å². The highest BCUT2D eigenvalue weighted by molar-refractivity contribution is 9.10.